The van der Waals surface area contributed by atoms with Crippen molar-refractivity contribution in [3.05, 3.63) is 12.2 Å². The van der Waals surface area contributed by atoms with Crippen LogP contribution in [0.15, 0.2) is 12.2 Å². The summed E-state index contributed by atoms with van der Waals surface area (Å²) >= 11 is 0. The summed E-state index contributed by atoms with van der Waals surface area (Å²) in [5.74, 6) is -1.12. The maximum Gasteiger partial charge on any atom is 0.326 e. The van der Waals surface area contributed by atoms with Crippen LogP contribution >= 0.6 is 0 Å². The molecule has 0 radical (unpaired) electrons. The van der Waals surface area contributed by atoms with Gasteiger partial charge in [0.15, 0.2) is 0 Å². The molecule has 2 atom stereocenters. The fraction of sp³-hybridized carbons (Fsp3) is 0.810. The highest BCUT2D eigenvalue weighted by Crippen LogP contribution is 2.11. The highest BCUT2D eigenvalue weighted by Gasteiger charge is 2.24. The van der Waals surface area contributed by atoms with Crippen molar-refractivity contribution < 1.29 is 14.7 Å². The number of hydrogen-bond donors (Lipinski definition) is 2. The summed E-state index contributed by atoms with van der Waals surface area (Å²) in [4.78, 5) is 23.1. The van der Waals surface area contributed by atoms with Gasteiger partial charge in [0.1, 0.15) is 6.04 Å². The van der Waals surface area contributed by atoms with E-state index in [9.17, 15) is 14.7 Å². The third kappa shape index (κ3) is 13.6. The Morgan fingerprint density at radius 2 is 1.48 bits per heavy atom. The molecule has 0 heterocycles. The Labute approximate surface area is 154 Å². The third-order valence-electron chi connectivity index (χ3n) is 4.71. The van der Waals surface area contributed by atoms with Gasteiger partial charge in [-0.25, -0.2) is 4.79 Å². The SMILES string of the molecule is CCCCC/C=C\CCCCCCCC(=O)NC(C(=O)O)C(C)CC. The summed E-state index contributed by atoms with van der Waals surface area (Å²) in [6.45, 7) is 6.02. The molecule has 0 rings (SSSR count). The van der Waals surface area contributed by atoms with E-state index in [-0.39, 0.29) is 11.8 Å². The molecule has 0 aromatic heterocycles. The fourth-order valence-electron chi connectivity index (χ4n) is 2.75. The molecule has 2 N–H and O–H groups in total. The Morgan fingerprint density at radius 3 is 2.04 bits per heavy atom. The summed E-state index contributed by atoms with van der Waals surface area (Å²) in [5.41, 5.74) is 0. The number of hydrogen-bond acceptors (Lipinski definition) is 2. The fourth-order valence-corrected chi connectivity index (χ4v) is 2.75. The van der Waals surface area contributed by atoms with Crippen molar-refractivity contribution in [3.8, 4) is 0 Å². The number of amides is 1. The molecule has 0 aromatic carbocycles. The van der Waals surface area contributed by atoms with Crippen LogP contribution in [-0.4, -0.2) is 23.0 Å². The molecule has 0 aliphatic heterocycles. The number of allylic oxidation sites excluding steroid dienone is 2. The molecule has 0 spiro atoms. The molecule has 4 heteroatoms. The Balaban J connectivity index is 3.61. The topological polar surface area (TPSA) is 66.4 Å². The van der Waals surface area contributed by atoms with Crippen LogP contribution in [0.3, 0.4) is 0 Å². The zero-order valence-corrected chi connectivity index (χ0v) is 16.6. The molecule has 0 bridgehead atoms. The first-order chi connectivity index (χ1) is 12.0. The lowest BCUT2D eigenvalue weighted by atomic mass is 9.99. The number of rotatable bonds is 16. The quantitative estimate of drug-likeness (QED) is 0.286. The maximum atomic E-state index is 11.9. The molecule has 4 nitrogen and oxygen atoms in total. The predicted molar refractivity (Wildman–Crippen MR) is 105 cm³/mol. The zero-order valence-electron chi connectivity index (χ0n) is 16.6. The molecular formula is C21H39NO3. The van der Waals surface area contributed by atoms with Crippen LogP contribution < -0.4 is 5.32 Å². The van der Waals surface area contributed by atoms with Gasteiger partial charge in [-0.3, -0.25) is 4.79 Å². The van der Waals surface area contributed by atoms with Gasteiger partial charge in [0.25, 0.3) is 0 Å². The molecule has 146 valence electrons. The van der Waals surface area contributed by atoms with E-state index in [2.05, 4.69) is 24.4 Å². The Kier molecular flexibility index (Phi) is 15.3. The standard InChI is InChI=1S/C21H39NO3/c1-4-6-7-8-9-10-11-12-13-14-15-16-17-19(23)22-20(21(24)25)18(3)5-2/h9-10,18,20H,4-8,11-17H2,1-3H3,(H,22,23)(H,24,25)/b10-9-. The van der Waals surface area contributed by atoms with Crippen LogP contribution in [-0.2, 0) is 9.59 Å². The highest BCUT2D eigenvalue weighted by atomic mass is 16.4. The molecule has 0 aliphatic rings. The minimum absolute atomic E-state index is 0.0449. The molecule has 0 saturated carbocycles. The number of carbonyl (C=O) groups is 2. The van der Waals surface area contributed by atoms with E-state index in [4.69, 9.17) is 0 Å². The van der Waals surface area contributed by atoms with E-state index in [1.165, 1.54) is 38.5 Å². The van der Waals surface area contributed by atoms with Crippen molar-refractivity contribution in [2.45, 2.75) is 104 Å². The molecule has 0 aromatic rings. The van der Waals surface area contributed by atoms with Crippen molar-refractivity contribution in [1.29, 1.82) is 0 Å². The largest absolute Gasteiger partial charge is 0.480 e. The van der Waals surface area contributed by atoms with Gasteiger partial charge < -0.3 is 10.4 Å². The van der Waals surface area contributed by atoms with Crippen LogP contribution in [0.25, 0.3) is 0 Å². The normalized spacial score (nSPS) is 13.7. The highest BCUT2D eigenvalue weighted by molar-refractivity contribution is 5.83. The van der Waals surface area contributed by atoms with Gasteiger partial charge in [0.2, 0.25) is 5.91 Å². The minimum Gasteiger partial charge on any atom is -0.480 e. The Hall–Kier alpha value is -1.32. The van der Waals surface area contributed by atoms with E-state index < -0.39 is 12.0 Å². The van der Waals surface area contributed by atoms with Crippen molar-refractivity contribution in [2.75, 3.05) is 0 Å². The first-order valence-electron chi connectivity index (χ1n) is 10.2. The van der Waals surface area contributed by atoms with Crippen molar-refractivity contribution >= 4 is 11.9 Å². The lowest BCUT2D eigenvalue weighted by Crippen LogP contribution is -2.44. The van der Waals surface area contributed by atoms with E-state index in [1.807, 2.05) is 13.8 Å². The molecule has 1 amide bonds. The Bertz CT molecular complexity index is 379. The van der Waals surface area contributed by atoms with Crippen molar-refractivity contribution in [2.24, 2.45) is 5.92 Å². The smallest absolute Gasteiger partial charge is 0.326 e. The van der Waals surface area contributed by atoms with Crippen LogP contribution in [0, 0.1) is 5.92 Å². The predicted octanol–water partition coefficient (Wildman–Crippen LogP) is 5.47. The van der Waals surface area contributed by atoms with Crippen LogP contribution in [0.4, 0.5) is 0 Å². The van der Waals surface area contributed by atoms with Crippen LogP contribution in [0.1, 0.15) is 97.8 Å². The second-order valence-electron chi connectivity index (χ2n) is 7.04. The lowest BCUT2D eigenvalue weighted by molar-refractivity contribution is -0.143. The molecular weight excluding hydrogens is 314 g/mol. The molecule has 0 saturated heterocycles. The Morgan fingerprint density at radius 1 is 0.920 bits per heavy atom. The number of carbonyl (C=O) groups excluding carboxylic acids is 1. The number of aliphatic carboxylic acids is 1. The minimum atomic E-state index is -0.939. The maximum absolute atomic E-state index is 11.9. The van der Waals surface area contributed by atoms with Gasteiger partial charge in [-0.2, -0.15) is 0 Å². The molecule has 2 unspecified atom stereocenters. The van der Waals surface area contributed by atoms with Gasteiger partial charge in [-0.05, 0) is 38.0 Å². The number of unbranched alkanes of at least 4 members (excludes halogenated alkanes) is 8. The second kappa shape index (κ2) is 16.2. The lowest BCUT2D eigenvalue weighted by Gasteiger charge is -2.20. The van der Waals surface area contributed by atoms with E-state index in [0.29, 0.717) is 6.42 Å². The average molecular weight is 354 g/mol. The summed E-state index contributed by atoms with van der Waals surface area (Å²) < 4.78 is 0. The first kappa shape index (κ1) is 23.7. The first-order valence-corrected chi connectivity index (χ1v) is 10.2. The number of nitrogens with one attached hydrogen (secondary N) is 1. The second-order valence-corrected chi connectivity index (χ2v) is 7.04. The average Bonchev–Trinajstić information content (AvgIpc) is 2.59. The molecule has 0 fully saturated rings. The zero-order chi connectivity index (χ0) is 18.9. The van der Waals surface area contributed by atoms with Gasteiger partial charge in [-0.1, -0.05) is 71.4 Å². The molecule has 25 heavy (non-hydrogen) atoms. The van der Waals surface area contributed by atoms with Gasteiger partial charge in [0, 0.05) is 6.42 Å². The summed E-state index contributed by atoms with van der Waals surface area (Å²) in [7, 11) is 0. The van der Waals surface area contributed by atoms with E-state index >= 15 is 0 Å². The van der Waals surface area contributed by atoms with Crippen LogP contribution in [0.5, 0.6) is 0 Å². The number of carboxylic acid groups (broad SMARTS) is 1. The number of carboxylic acids is 1. The van der Waals surface area contributed by atoms with Gasteiger partial charge in [-0.15, -0.1) is 0 Å². The van der Waals surface area contributed by atoms with Crippen molar-refractivity contribution in [3.63, 3.8) is 0 Å². The summed E-state index contributed by atoms with van der Waals surface area (Å²) in [6, 6.07) is -0.762. The summed E-state index contributed by atoms with van der Waals surface area (Å²) in [5, 5.41) is 11.8. The molecule has 0 aliphatic carbocycles. The summed E-state index contributed by atoms with van der Waals surface area (Å²) in [6.07, 6.45) is 17.5. The van der Waals surface area contributed by atoms with Crippen LogP contribution in [0.2, 0.25) is 0 Å². The third-order valence-corrected chi connectivity index (χ3v) is 4.71. The van der Waals surface area contributed by atoms with Crippen molar-refractivity contribution in [1.82, 2.24) is 5.32 Å². The van der Waals surface area contributed by atoms with Gasteiger partial charge >= 0.3 is 5.97 Å². The van der Waals surface area contributed by atoms with Gasteiger partial charge in [0.05, 0.1) is 0 Å². The van der Waals surface area contributed by atoms with E-state index in [0.717, 1.165) is 32.1 Å². The van der Waals surface area contributed by atoms with E-state index in [1.54, 1.807) is 0 Å². The monoisotopic (exact) mass is 353 g/mol.